The second-order valence-corrected chi connectivity index (χ2v) is 7.99. The second-order valence-electron chi connectivity index (χ2n) is 6.28. The topological polar surface area (TPSA) is 62.3 Å². The van der Waals surface area contributed by atoms with Crippen LogP contribution in [-0.2, 0) is 11.2 Å². The molecule has 5 nitrogen and oxygen atoms in total. The maximum Gasteiger partial charge on any atom is 0.273 e. The van der Waals surface area contributed by atoms with Crippen LogP contribution in [0.2, 0.25) is 0 Å². The van der Waals surface area contributed by atoms with E-state index in [0.29, 0.717) is 11.4 Å². The maximum absolute atomic E-state index is 12.6. The van der Waals surface area contributed by atoms with Gasteiger partial charge in [0, 0.05) is 22.5 Å². The molecule has 0 atom stereocenters. The van der Waals surface area contributed by atoms with E-state index in [-0.39, 0.29) is 18.4 Å². The summed E-state index contributed by atoms with van der Waals surface area (Å²) in [6.07, 6.45) is 0.980. The van der Waals surface area contributed by atoms with Crippen molar-refractivity contribution in [1.82, 2.24) is 9.88 Å². The zero-order valence-corrected chi connectivity index (χ0v) is 18.0. The Morgan fingerprint density at radius 2 is 1.86 bits per heavy atom. The summed E-state index contributed by atoms with van der Waals surface area (Å²) in [6.45, 7) is 2.05. The van der Waals surface area contributed by atoms with Gasteiger partial charge in [-0.3, -0.25) is 9.59 Å². The number of aromatic nitrogens is 1. The lowest BCUT2D eigenvalue weighted by Crippen LogP contribution is -2.35. The first kappa shape index (κ1) is 20.2. The van der Waals surface area contributed by atoms with Gasteiger partial charge >= 0.3 is 0 Å². The van der Waals surface area contributed by atoms with Gasteiger partial charge in [-0.2, -0.15) is 0 Å². The highest BCUT2D eigenvalue weighted by Crippen LogP contribution is 2.25. The fourth-order valence-electron chi connectivity index (χ4n) is 2.62. The maximum atomic E-state index is 12.6. The van der Waals surface area contributed by atoms with E-state index in [2.05, 4.69) is 45.3 Å². The minimum absolute atomic E-state index is 0.0573. The highest BCUT2D eigenvalue weighted by molar-refractivity contribution is 9.10. The molecule has 1 aromatic heterocycles. The largest absolute Gasteiger partial charge is 0.331 e. The van der Waals surface area contributed by atoms with Gasteiger partial charge in [0.05, 0.1) is 12.2 Å². The lowest BCUT2D eigenvalue weighted by molar-refractivity contribution is -0.116. The first-order chi connectivity index (χ1) is 13.5. The smallest absolute Gasteiger partial charge is 0.273 e. The summed E-state index contributed by atoms with van der Waals surface area (Å²) < 4.78 is 0.788. The number of anilines is 1. The molecule has 0 fully saturated rings. The minimum Gasteiger partial charge on any atom is -0.331 e. The number of aryl methyl sites for hydroxylation is 1. The summed E-state index contributed by atoms with van der Waals surface area (Å²) in [7, 11) is 1.59. The molecule has 0 aliphatic carbocycles. The number of nitrogens with zero attached hydrogens (tertiary/aromatic N) is 2. The van der Waals surface area contributed by atoms with Crippen LogP contribution >= 0.6 is 27.3 Å². The number of carbonyl (C=O) groups is 2. The molecule has 7 heteroatoms. The lowest BCUT2D eigenvalue weighted by atomic mass is 10.1. The number of benzene rings is 2. The number of rotatable bonds is 6. The molecule has 1 heterocycles. The summed E-state index contributed by atoms with van der Waals surface area (Å²) in [6, 6.07) is 15.5. The Labute approximate surface area is 176 Å². The number of thiazole rings is 1. The Morgan fingerprint density at radius 1 is 1.14 bits per heavy atom. The molecule has 0 aliphatic rings. The van der Waals surface area contributed by atoms with E-state index in [0.717, 1.165) is 21.5 Å². The van der Waals surface area contributed by atoms with Crippen LogP contribution in [0.1, 0.15) is 23.0 Å². The van der Waals surface area contributed by atoms with Crippen molar-refractivity contribution < 1.29 is 9.59 Å². The lowest BCUT2D eigenvalue weighted by Gasteiger charge is -2.16. The predicted octanol–water partition coefficient (Wildman–Crippen LogP) is 4.85. The van der Waals surface area contributed by atoms with Gasteiger partial charge in [-0.15, -0.1) is 11.3 Å². The fourth-order valence-corrected chi connectivity index (χ4v) is 3.81. The number of hydrogen-bond donors (Lipinski definition) is 1. The molecule has 0 saturated carbocycles. The van der Waals surface area contributed by atoms with Crippen LogP contribution in [-0.4, -0.2) is 35.3 Å². The summed E-state index contributed by atoms with van der Waals surface area (Å²) in [5.41, 5.74) is 3.25. The van der Waals surface area contributed by atoms with E-state index in [1.165, 1.54) is 21.8 Å². The van der Waals surface area contributed by atoms with E-state index >= 15 is 0 Å². The SMILES string of the molecule is CCc1ccc(-c2nc(C(=O)N(C)CC(=O)Nc3ccccc3Br)cs2)cc1. The Kier molecular flexibility index (Phi) is 6.59. The third kappa shape index (κ3) is 4.85. The zero-order valence-electron chi connectivity index (χ0n) is 15.6. The zero-order chi connectivity index (χ0) is 20.1. The molecule has 28 heavy (non-hydrogen) atoms. The second kappa shape index (κ2) is 9.12. The molecule has 0 spiro atoms. The van der Waals surface area contributed by atoms with Gasteiger partial charge in [-0.05, 0) is 40.0 Å². The fraction of sp³-hybridized carbons (Fsp3) is 0.190. The van der Waals surface area contributed by atoms with E-state index in [1.807, 2.05) is 30.3 Å². The normalized spacial score (nSPS) is 10.5. The number of para-hydroxylation sites is 1. The number of amides is 2. The summed E-state index contributed by atoms with van der Waals surface area (Å²) in [4.78, 5) is 30.7. The predicted molar refractivity (Wildman–Crippen MR) is 117 cm³/mol. The highest BCUT2D eigenvalue weighted by atomic mass is 79.9. The Morgan fingerprint density at radius 3 is 2.54 bits per heavy atom. The van der Waals surface area contributed by atoms with E-state index in [9.17, 15) is 9.59 Å². The van der Waals surface area contributed by atoms with Gasteiger partial charge in [0.15, 0.2) is 0 Å². The van der Waals surface area contributed by atoms with E-state index < -0.39 is 0 Å². The van der Waals surface area contributed by atoms with E-state index in [4.69, 9.17) is 0 Å². The molecule has 3 rings (SSSR count). The van der Waals surface area contributed by atoms with Crippen LogP contribution in [0.25, 0.3) is 10.6 Å². The first-order valence-corrected chi connectivity index (χ1v) is 10.5. The third-order valence-corrected chi connectivity index (χ3v) is 5.79. The van der Waals surface area contributed by atoms with Crippen molar-refractivity contribution in [2.45, 2.75) is 13.3 Å². The first-order valence-electron chi connectivity index (χ1n) is 8.82. The molecular formula is C21H20BrN3O2S. The Balaban J connectivity index is 1.64. The number of halogens is 1. The summed E-state index contributed by atoms with van der Waals surface area (Å²) in [5, 5.41) is 5.31. The van der Waals surface area contributed by atoms with Crippen LogP contribution in [0, 0.1) is 0 Å². The molecule has 2 aromatic carbocycles. The van der Waals surface area contributed by atoms with Crippen molar-refractivity contribution in [3.8, 4) is 10.6 Å². The van der Waals surface area contributed by atoms with Crippen molar-refractivity contribution in [3.05, 3.63) is 69.6 Å². The molecule has 0 saturated heterocycles. The van der Waals surface area contributed by atoms with Gasteiger partial charge in [0.1, 0.15) is 10.7 Å². The van der Waals surface area contributed by atoms with Gasteiger partial charge in [-0.25, -0.2) is 4.98 Å². The molecular weight excluding hydrogens is 438 g/mol. The quantitative estimate of drug-likeness (QED) is 0.575. The Bertz CT molecular complexity index is 985. The highest BCUT2D eigenvalue weighted by Gasteiger charge is 2.19. The average molecular weight is 458 g/mol. The van der Waals surface area contributed by atoms with Crippen molar-refractivity contribution in [1.29, 1.82) is 0 Å². The van der Waals surface area contributed by atoms with Crippen LogP contribution in [0.4, 0.5) is 5.69 Å². The monoisotopic (exact) mass is 457 g/mol. The van der Waals surface area contributed by atoms with Crippen molar-refractivity contribution in [2.75, 3.05) is 18.9 Å². The molecule has 0 radical (unpaired) electrons. The van der Waals surface area contributed by atoms with Gasteiger partial charge in [0.25, 0.3) is 5.91 Å². The van der Waals surface area contributed by atoms with Crippen molar-refractivity contribution in [2.24, 2.45) is 0 Å². The number of carbonyl (C=O) groups excluding carboxylic acids is 2. The van der Waals surface area contributed by atoms with Crippen molar-refractivity contribution in [3.63, 3.8) is 0 Å². The molecule has 0 aliphatic heterocycles. The van der Waals surface area contributed by atoms with Crippen molar-refractivity contribution >= 4 is 44.8 Å². The van der Waals surface area contributed by atoms with Crippen LogP contribution in [0.15, 0.2) is 58.4 Å². The van der Waals surface area contributed by atoms with Crippen LogP contribution in [0.3, 0.4) is 0 Å². The Hall–Kier alpha value is -2.51. The molecule has 1 N–H and O–H groups in total. The van der Waals surface area contributed by atoms with Crippen LogP contribution < -0.4 is 5.32 Å². The van der Waals surface area contributed by atoms with Gasteiger partial charge in [0.2, 0.25) is 5.91 Å². The third-order valence-electron chi connectivity index (χ3n) is 4.21. The number of nitrogens with one attached hydrogen (secondary N) is 1. The minimum atomic E-state index is -0.282. The molecule has 2 amide bonds. The van der Waals surface area contributed by atoms with Gasteiger partial charge in [-0.1, -0.05) is 43.3 Å². The number of likely N-dealkylation sites (N-methyl/N-ethyl adjacent to an activating group) is 1. The summed E-state index contributed by atoms with van der Waals surface area (Å²) >= 11 is 4.81. The molecule has 144 valence electrons. The average Bonchev–Trinajstić information content (AvgIpc) is 3.19. The summed E-state index contributed by atoms with van der Waals surface area (Å²) in [5.74, 6) is -0.552. The standard InChI is InChI=1S/C21H20BrN3O2S/c1-3-14-8-10-15(11-9-14)20-24-18(13-28-20)21(27)25(2)12-19(26)23-17-7-5-4-6-16(17)22/h4-11,13H,3,12H2,1-2H3,(H,23,26). The van der Waals surface area contributed by atoms with E-state index in [1.54, 1.807) is 18.5 Å². The van der Waals surface area contributed by atoms with Gasteiger partial charge < -0.3 is 10.2 Å². The number of hydrogen-bond acceptors (Lipinski definition) is 4. The van der Waals surface area contributed by atoms with Crippen LogP contribution in [0.5, 0.6) is 0 Å². The molecule has 0 bridgehead atoms. The molecule has 0 unspecified atom stereocenters. The molecule has 3 aromatic rings.